The molecule has 0 spiro atoms. The summed E-state index contributed by atoms with van der Waals surface area (Å²) in [6.45, 7) is 4.20. The lowest BCUT2D eigenvalue weighted by Gasteiger charge is -2.34. The van der Waals surface area contributed by atoms with Gasteiger partial charge in [0, 0.05) is 37.2 Å². The van der Waals surface area contributed by atoms with Gasteiger partial charge in [-0.3, -0.25) is 14.7 Å². The van der Waals surface area contributed by atoms with E-state index in [-0.39, 0.29) is 11.8 Å². The smallest absolute Gasteiger partial charge is 0.247 e. The van der Waals surface area contributed by atoms with Crippen molar-refractivity contribution in [2.45, 2.75) is 38.6 Å². The van der Waals surface area contributed by atoms with Crippen molar-refractivity contribution < 1.29 is 14.7 Å². The SMILES string of the molecule is CC(=O)NC(CO)C(=O)N1CCC(c2[nH]ncc2-c2cccc(C)c2)CC1. The summed E-state index contributed by atoms with van der Waals surface area (Å²) in [4.78, 5) is 25.4. The number of hydrogen-bond acceptors (Lipinski definition) is 4. The van der Waals surface area contributed by atoms with Crippen molar-refractivity contribution in [2.24, 2.45) is 0 Å². The van der Waals surface area contributed by atoms with Crippen molar-refractivity contribution in [1.82, 2.24) is 20.4 Å². The molecule has 0 bridgehead atoms. The number of hydrogen-bond donors (Lipinski definition) is 3. The Balaban J connectivity index is 1.67. The van der Waals surface area contributed by atoms with E-state index in [1.165, 1.54) is 12.5 Å². The van der Waals surface area contributed by atoms with E-state index in [1.807, 2.05) is 12.3 Å². The number of likely N-dealkylation sites (tertiary alicyclic amines) is 1. The van der Waals surface area contributed by atoms with Gasteiger partial charge in [0.25, 0.3) is 0 Å². The predicted octanol–water partition coefficient (Wildman–Crippen LogP) is 1.59. The largest absolute Gasteiger partial charge is 0.394 e. The molecule has 7 heteroatoms. The van der Waals surface area contributed by atoms with Gasteiger partial charge < -0.3 is 15.3 Å². The maximum atomic E-state index is 12.5. The Hall–Kier alpha value is -2.67. The van der Waals surface area contributed by atoms with Crippen molar-refractivity contribution in [2.75, 3.05) is 19.7 Å². The molecule has 1 aromatic heterocycles. The Morgan fingerprint density at radius 2 is 2.11 bits per heavy atom. The summed E-state index contributed by atoms with van der Waals surface area (Å²) in [5.41, 5.74) is 4.56. The normalized spacial score (nSPS) is 16.2. The molecule has 1 saturated heterocycles. The van der Waals surface area contributed by atoms with Gasteiger partial charge in [-0.15, -0.1) is 0 Å². The van der Waals surface area contributed by atoms with E-state index in [1.54, 1.807) is 4.90 Å². The third kappa shape index (κ3) is 4.36. The van der Waals surface area contributed by atoms with Gasteiger partial charge in [-0.2, -0.15) is 5.10 Å². The summed E-state index contributed by atoms with van der Waals surface area (Å²) in [5.74, 6) is -0.257. The first-order valence-corrected chi connectivity index (χ1v) is 9.26. The van der Waals surface area contributed by atoms with Crippen LogP contribution in [0.2, 0.25) is 0 Å². The standard InChI is InChI=1S/C20H26N4O3/c1-13-4-3-5-16(10-13)17-11-21-23-19(17)15-6-8-24(9-7-15)20(27)18(12-25)22-14(2)26/h3-5,10-11,15,18,25H,6-9,12H2,1-2H3,(H,21,23)(H,22,26). The fraction of sp³-hybridized carbons (Fsp3) is 0.450. The highest BCUT2D eigenvalue weighted by molar-refractivity contribution is 5.87. The third-order valence-electron chi connectivity index (χ3n) is 5.07. The average molecular weight is 370 g/mol. The number of aromatic amines is 1. The molecule has 144 valence electrons. The molecule has 0 aliphatic carbocycles. The Morgan fingerprint density at radius 3 is 2.74 bits per heavy atom. The minimum atomic E-state index is -0.867. The minimum Gasteiger partial charge on any atom is -0.394 e. The second-order valence-corrected chi connectivity index (χ2v) is 7.10. The predicted molar refractivity (Wildman–Crippen MR) is 102 cm³/mol. The quantitative estimate of drug-likeness (QED) is 0.744. The lowest BCUT2D eigenvalue weighted by molar-refractivity contribution is -0.138. The van der Waals surface area contributed by atoms with Gasteiger partial charge in [0.05, 0.1) is 12.8 Å². The maximum absolute atomic E-state index is 12.5. The van der Waals surface area contributed by atoms with E-state index in [0.29, 0.717) is 19.0 Å². The summed E-state index contributed by atoms with van der Waals surface area (Å²) >= 11 is 0. The van der Waals surface area contributed by atoms with Crippen molar-refractivity contribution in [3.8, 4) is 11.1 Å². The van der Waals surface area contributed by atoms with Gasteiger partial charge in [0.2, 0.25) is 11.8 Å². The Kier molecular flexibility index (Phi) is 5.91. The maximum Gasteiger partial charge on any atom is 0.247 e. The molecule has 1 unspecified atom stereocenters. The first kappa shape index (κ1) is 19.1. The highest BCUT2D eigenvalue weighted by Gasteiger charge is 2.30. The summed E-state index contributed by atoms with van der Waals surface area (Å²) in [6.07, 6.45) is 3.48. The molecule has 1 atom stereocenters. The van der Waals surface area contributed by atoms with E-state index in [2.05, 4.69) is 40.6 Å². The van der Waals surface area contributed by atoms with E-state index in [0.717, 1.165) is 29.7 Å². The van der Waals surface area contributed by atoms with E-state index in [4.69, 9.17) is 0 Å². The number of amides is 2. The van der Waals surface area contributed by atoms with E-state index in [9.17, 15) is 14.7 Å². The molecule has 1 aromatic carbocycles. The van der Waals surface area contributed by atoms with Crippen LogP contribution in [0.1, 0.15) is 36.9 Å². The minimum absolute atomic E-state index is 0.227. The summed E-state index contributed by atoms with van der Waals surface area (Å²) in [6, 6.07) is 7.47. The van der Waals surface area contributed by atoms with Crippen LogP contribution in [-0.4, -0.2) is 57.8 Å². The van der Waals surface area contributed by atoms with Gasteiger partial charge in [-0.1, -0.05) is 29.8 Å². The summed E-state index contributed by atoms with van der Waals surface area (Å²) in [7, 11) is 0. The molecule has 2 aromatic rings. The zero-order valence-corrected chi connectivity index (χ0v) is 15.7. The number of piperidine rings is 1. The van der Waals surface area contributed by atoms with Crippen molar-refractivity contribution >= 4 is 11.8 Å². The Labute approximate surface area is 158 Å². The molecular formula is C20H26N4O3. The van der Waals surface area contributed by atoms with Crippen LogP contribution in [0.25, 0.3) is 11.1 Å². The number of carbonyl (C=O) groups excluding carboxylic acids is 2. The molecule has 3 N–H and O–H groups in total. The van der Waals surface area contributed by atoms with Crippen LogP contribution in [-0.2, 0) is 9.59 Å². The van der Waals surface area contributed by atoms with Crippen LogP contribution in [0.5, 0.6) is 0 Å². The number of aliphatic hydroxyl groups is 1. The summed E-state index contributed by atoms with van der Waals surface area (Å²) in [5, 5.41) is 19.3. The first-order valence-electron chi connectivity index (χ1n) is 9.26. The van der Waals surface area contributed by atoms with Crippen LogP contribution >= 0.6 is 0 Å². The lowest BCUT2D eigenvalue weighted by atomic mass is 9.89. The Bertz CT molecular complexity index is 809. The molecule has 0 saturated carbocycles. The molecule has 0 radical (unpaired) electrons. The van der Waals surface area contributed by atoms with Gasteiger partial charge >= 0.3 is 0 Å². The second-order valence-electron chi connectivity index (χ2n) is 7.10. The third-order valence-corrected chi connectivity index (χ3v) is 5.07. The number of benzene rings is 1. The Morgan fingerprint density at radius 1 is 1.37 bits per heavy atom. The van der Waals surface area contributed by atoms with Crippen molar-refractivity contribution in [3.63, 3.8) is 0 Å². The number of H-pyrrole nitrogens is 1. The highest BCUT2D eigenvalue weighted by atomic mass is 16.3. The molecule has 27 heavy (non-hydrogen) atoms. The van der Waals surface area contributed by atoms with E-state index < -0.39 is 12.6 Å². The molecule has 1 fully saturated rings. The average Bonchev–Trinajstić information content (AvgIpc) is 3.15. The van der Waals surface area contributed by atoms with Crippen LogP contribution in [0, 0.1) is 6.92 Å². The van der Waals surface area contributed by atoms with Gasteiger partial charge in [-0.25, -0.2) is 0 Å². The monoisotopic (exact) mass is 370 g/mol. The zero-order valence-electron chi connectivity index (χ0n) is 15.7. The number of aryl methyl sites for hydroxylation is 1. The van der Waals surface area contributed by atoms with Gasteiger partial charge in [0.15, 0.2) is 0 Å². The fourth-order valence-corrected chi connectivity index (χ4v) is 3.69. The lowest BCUT2D eigenvalue weighted by Crippen LogP contribution is -2.51. The molecule has 2 heterocycles. The van der Waals surface area contributed by atoms with Crippen LogP contribution in [0.3, 0.4) is 0 Å². The van der Waals surface area contributed by atoms with Crippen LogP contribution in [0.4, 0.5) is 0 Å². The molecular weight excluding hydrogens is 344 g/mol. The topological polar surface area (TPSA) is 98.3 Å². The molecule has 1 aliphatic rings. The van der Waals surface area contributed by atoms with Gasteiger partial charge in [-0.05, 0) is 25.3 Å². The summed E-state index contributed by atoms with van der Waals surface area (Å²) < 4.78 is 0. The molecule has 2 amide bonds. The van der Waals surface area contributed by atoms with Crippen LogP contribution in [0.15, 0.2) is 30.5 Å². The highest BCUT2D eigenvalue weighted by Crippen LogP contribution is 2.34. The number of nitrogens with zero attached hydrogens (tertiary/aromatic N) is 2. The number of nitrogens with one attached hydrogen (secondary N) is 2. The first-order chi connectivity index (χ1) is 13.0. The van der Waals surface area contributed by atoms with Crippen molar-refractivity contribution in [3.05, 3.63) is 41.7 Å². The fourth-order valence-electron chi connectivity index (χ4n) is 3.69. The number of carbonyl (C=O) groups is 2. The molecule has 7 nitrogen and oxygen atoms in total. The van der Waals surface area contributed by atoms with Crippen LogP contribution < -0.4 is 5.32 Å². The second kappa shape index (κ2) is 8.35. The van der Waals surface area contributed by atoms with Crippen molar-refractivity contribution in [1.29, 1.82) is 0 Å². The van der Waals surface area contributed by atoms with E-state index >= 15 is 0 Å². The van der Waals surface area contributed by atoms with Gasteiger partial charge in [0.1, 0.15) is 6.04 Å². The number of aliphatic hydroxyl groups excluding tert-OH is 1. The molecule has 3 rings (SSSR count). The number of aromatic nitrogens is 2. The number of rotatable bonds is 5. The zero-order chi connectivity index (χ0) is 19.4. The molecule has 1 aliphatic heterocycles.